The van der Waals surface area contributed by atoms with Gasteiger partial charge >= 0.3 is 0 Å². The fraction of sp³-hybridized carbons (Fsp3) is 0. The van der Waals surface area contributed by atoms with Gasteiger partial charge in [-0.05, 0) is 12.1 Å². The molecule has 0 aromatic heterocycles. The van der Waals surface area contributed by atoms with Gasteiger partial charge in [0.25, 0.3) is 0 Å². The normalized spacial score (nSPS) is 10.7. The van der Waals surface area contributed by atoms with Crippen LogP contribution in [0.5, 0.6) is 11.5 Å². The number of nitriles is 1. The van der Waals surface area contributed by atoms with Crippen LogP contribution in [-0.4, -0.2) is 15.2 Å². The summed E-state index contributed by atoms with van der Waals surface area (Å²) in [4.78, 5) is -0.0553. The molecule has 76 valence electrons. The molecular weight excluding hydrogens is 212 g/mol. The number of thiocarbonyl (C=S) groups is 1. The number of nitrogens with zero attached hydrogens (tertiary/aromatic N) is 1. The lowest BCUT2D eigenvalue weighted by Gasteiger charge is -2.01. The number of benzene rings is 1. The average Bonchev–Trinajstić information content (AvgIpc) is 2.19. The second kappa shape index (κ2) is 4.44. The zero-order valence-electron chi connectivity index (χ0n) is 7.64. The number of phenolic OH excluding ortho intramolecular Hbond substituents is 2. The van der Waals surface area contributed by atoms with Crippen molar-refractivity contribution in [1.29, 1.82) is 5.26 Å². The van der Waals surface area contributed by atoms with Crippen molar-refractivity contribution in [1.82, 2.24) is 0 Å². The van der Waals surface area contributed by atoms with Crippen LogP contribution < -0.4 is 5.73 Å². The van der Waals surface area contributed by atoms with Gasteiger partial charge in [-0.25, -0.2) is 0 Å². The Morgan fingerprint density at radius 2 is 2.13 bits per heavy atom. The van der Waals surface area contributed by atoms with E-state index in [4.69, 9.17) is 11.0 Å². The van der Waals surface area contributed by atoms with E-state index in [-0.39, 0.29) is 22.1 Å². The van der Waals surface area contributed by atoms with Gasteiger partial charge in [0.05, 0.1) is 5.57 Å². The van der Waals surface area contributed by atoms with E-state index in [1.807, 2.05) is 0 Å². The van der Waals surface area contributed by atoms with Crippen molar-refractivity contribution in [3.8, 4) is 17.6 Å². The highest BCUT2D eigenvalue weighted by molar-refractivity contribution is 7.80. The van der Waals surface area contributed by atoms with Crippen molar-refractivity contribution in [3.05, 3.63) is 29.3 Å². The summed E-state index contributed by atoms with van der Waals surface area (Å²) in [6.07, 6.45) is 1.32. The number of nitrogens with two attached hydrogens (primary N) is 1. The summed E-state index contributed by atoms with van der Waals surface area (Å²) in [5.41, 5.74) is 5.65. The van der Waals surface area contributed by atoms with E-state index in [1.165, 1.54) is 24.3 Å². The molecule has 0 amide bonds. The average molecular weight is 220 g/mol. The SMILES string of the molecule is N#C/C(=C\c1cccc(O)c1O)C(N)=S. The van der Waals surface area contributed by atoms with Crippen LogP contribution in [0.3, 0.4) is 0 Å². The fourth-order valence-electron chi connectivity index (χ4n) is 0.979. The Hall–Kier alpha value is -2.06. The van der Waals surface area contributed by atoms with Crippen molar-refractivity contribution in [2.45, 2.75) is 0 Å². The Labute approximate surface area is 91.9 Å². The molecule has 1 aromatic rings. The number of hydrogen-bond acceptors (Lipinski definition) is 4. The molecule has 4 nitrogen and oxygen atoms in total. The molecule has 15 heavy (non-hydrogen) atoms. The molecule has 4 N–H and O–H groups in total. The molecule has 0 spiro atoms. The highest BCUT2D eigenvalue weighted by Crippen LogP contribution is 2.29. The van der Waals surface area contributed by atoms with Gasteiger partial charge in [0.15, 0.2) is 11.5 Å². The second-order valence-electron chi connectivity index (χ2n) is 2.75. The number of hydrogen-bond donors (Lipinski definition) is 3. The number of phenols is 2. The quantitative estimate of drug-likeness (QED) is 0.302. The maximum atomic E-state index is 9.44. The lowest BCUT2D eigenvalue weighted by atomic mass is 10.1. The monoisotopic (exact) mass is 220 g/mol. The van der Waals surface area contributed by atoms with Crippen molar-refractivity contribution >= 4 is 23.3 Å². The van der Waals surface area contributed by atoms with E-state index in [1.54, 1.807) is 6.07 Å². The molecule has 5 heteroatoms. The van der Waals surface area contributed by atoms with Gasteiger partial charge in [0.1, 0.15) is 11.1 Å². The second-order valence-corrected chi connectivity index (χ2v) is 3.19. The van der Waals surface area contributed by atoms with Crippen LogP contribution in [0.15, 0.2) is 23.8 Å². The zero-order chi connectivity index (χ0) is 11.4. The van der Waals surface area contributed by atoms with Crippen molar-refractivity contribution < 1.29 is 10.2 Å². The molecule has 0 fully saturated rings. The van der Waals surface area contributed by atoms with Crippen LogP contribution in [0.25, 0.3) is 6.08 Å². The summed E-state index contributed by atoms with van der Waals surface area (Å²) in [5.74, 6) is -0.564. The Bertz CT molecular complexity index is 475. The first kappa shape index (κ1) is 11.0. The van der Waals surface area contributed by atoms with E-state index in [9.17, 15) is 10.2 Å². The predicted molar refractivity (Wildman–Crippen MR) is 60.1 cm³/mol. The molecule has 1 aromatic carbocycles. The topological polar surface area (TPSA) is 90.3 Å². The van der Waals surface area contributed by atoms with Crippen LogP contribution in [0.2, 0.25) is 0 Å². The Morgan fingerprint density at radius 3 is 2.67 bits per heavy atom. The predicted octanol–water partition coefficient (Wildman–Crippen LogP) is 1.29. The minimum absolute atomic E-state index is 0.0553. The summed E-state index contributed by atoms with van der Waals surface area (Å²) in [7, 11) is 0. The minimum Gasteiger partial charge on any atom is -0.504 e. The van der Waals surface area contributed by atoms with Crippen molar-refractivity contribution in [2.24, 2.45) is 5.73 Å². The lowest BCUT2D eigenvalue weighted by molar-refractivity contribution is 0.403. The third kappa shape index (κ3) is 2.45. The third-order valence-corrected chi connectivity index (χ3v) is 1.95. The maximum absolute atomic E-state index is 9.44. The summed E-state index contributed by atoms with van der Waals surface area (Å²) in [6.45, 7) is 0. The van der Waals surface area contributed by atoms with E-state index < -0.39 is 0 Å². The van der Waals surface area contributed by atoms with Gasteiger partial charge in [-0.15, -0.1) is 0 Å². The lowest BCUT2D eigenvalue weighted by Crippen LogP contribution is -2.09. The summed E-state index contributed by atoms with van der Waals surface area (Å²) >= 11 is 4.63. The van der Waals surface area contributed by atoms with E-state index in [2.05, 4.69) is 12.2 Å². The summed E-state index contributed by atoms with van der Waals surface area (Å²) in [5, 5.41) is 27.3. The summed E-state index contributed by atoms with van der Waals surface area (Å²) in [6, 6.07) is 6.20. The van der Waals surface area contributed by atoms with Crippen molar-refractivity contribution in [3.63, 3.8) is 0 Å². The summed E-state index contributed by atoms with van der Waals surface area (Å²) < 4.78 is 0. The van der Waals surface area contributed by atoms with Gasteiger partial charge in [-0.1, -0.05) is 24.4 Å². The first-order chi connectivity index (χ1) is 7.06. The fourth-order valence-corrected chi connectivity index (χ4v) is 1.08. The maximum Gasteiger partial charge on any atom is 0.164 e. The van der Waals surface area contributed by atoms with Crippen molar-refractivity contribution in [2.75, 3.05) is 0 Å². The molecular formula is C10H8N2O2S. The van der Waals surface area contributed by atoms with Crippen LogP contribution >= 0.6 is 12.2 Å². The molecule has 0 heterocycles. The highest BCUT2D eigenvalue weighted by atomic mass is 32.1. The zero-order valence-corrected chi connectivity index (χ0v) is 8.45. The van der Waals surface area contributed by atoms with E-state index >= 15 is 0 Å². The third-order valence-electron chi connectivity index (χ3n) is 1.73. The van der Waals surface area contributed by atoms with Crippen LogP contribution in [0.4, 0.5) is 0 Å². The number of aromatic hydroxyl groups is 2. The Balaban J connectivity index is 3.25. The van der Waals surface area contributed by atoms with Gasteiger partial charge in [-0.3, -0.25) is 0 Å². The largest absolute Gasteiger partial charge is 0.504 e. The molecule has 0 aliphatic heterocycles. The molecule has 0 bridgehead atoms. The smallest absolute Gasteiger partial charge is 0.164 e. The molecule has 0 aliphatic rings. The Kier molecular flexibility index (Phi) is 3.26. The van der Waals surface area contributed by atoms with Gasteiger partial charge in [-0.2, -0.15) is 5.26 Å². The number of para-hydroxylation sites is 1. The molecule has 0 aliphatic carbocycles. The molecule has 0 saturated heterocycles. The van der Waals surface area contributed by atoms with Gasteiger partial charge in [0, 0.05) is 5.56 Å². The van der Waals surface area contributed by atoms with Gasteiger partial charge in [0.2, 0.25) is 0 Å². The van der Waals surface area contributed by atoms with Gasteiger partial charge < -0.3 is 15.9 Å². The first-order valence-corrected chi connectivity index (χ1v) is 4.39. The molecule has 0 atom stereocenters. The van der Waals surface area contributed by atoms with E-state index in [0.29, 0.717) is 5.56 Å². The van der Waals surface area contributed by atoms with E-state index in [0.717, 1.165) is 0 Å². The van der Waals surface area contributed by atoms with Crippen LogP contribution in [0.1, 0.15) is 5.56 Å². The van der Waals surface area contributed by atoms with Crippen LogP contribution in [-0.2, 0) is 0 Å². The molecule has 0 saturated carbocycles. The van der Waals surface area contributed by atoms with Crippen LogP contribution in [0, 0.1) is 11.3 Å². The minimum atomic E-state index is -0.304. The number of rotatable bonds is 2. The Morgan fingerprint density at radius 1 is 1.47 bits per heavy atom. The highest BCUT2D eigenvalue weighted by Gasteiger charge is 2.06. The standard InChI is InChI=1S/C10H8N2O2S/c11-5-7(10(12)15)4-6-2-1-3-8(13)9(6)14/h1-4,13-14H,(H2,12,15)/b7-4+. The molecule has 0 unspecified atom stereocenters. The molecule has 0 radical (unpaired) electrons. The molecule has 1 rings (SSSR count). The first-order valence-electron chi connectivity index (χ1n) is 3.98.